The summed E-state index contributed by atoms with van der Waals surface area (Å²) >= 11 is 0. The van der Waals surface area contributed by atoms with Crippen molar-refractivity contribution in [3.05, 3.63) is 18.0 Å². The topological polar surface area (TPSA) is 90.0 Å². The fourth-order valence-electron chi connectivity index (χ4n) is 1.07. The minimum atomic E-state index is -0.287. The van der Waals surface area contributed by atoms with Crippen LogP contribution in [0.3, 0.4) is 0 Å². The van der Waals surface area contributed by atoms with Crippen molar-refractivity contribution in [1.29, 1.82) is 0 Å². The number of amides is 2. The smallest absolute Gasteiger partial charge is 0.315 e. The first kappa shape index (κ1) is 11.5. The van der Waals surface area contributed by atoms with E-state index in [0.29, 0.717) is 13.0 Å². The second kappa shape index (κ2) is 6.02. The van der Waals surface area contributed by atoms with Gasteiger partial charge in [-0.15, -0.1) is 0 Å². The van der Waals surface area contributed by atoms with Crippen molar-refractivity contribution in [3.8, 4) is 0 Å². The fraction of sp³-hybridized carbons (Fsp3) is 0.556. The molecule has 4 N–H and O–H groups in total. The number of aliphatic hydroxyl groups excluding tert-OH is 1. The average Bonchev–Trinajstić information content (AvgIpc) is 2.75. The first-order valence-corrected chi connectivity index (χ1v) is 4.89. The van der Waals surface area contributed by atoms with Gasteiger partial charge in [-0.25, -0.2) is 4.79 Å². The normalized spacial score (nSPS) is 12.1. The maximum absolute atomic E-state index is 11.3. The third kappa shape index (κ3) is 3.99. The minimum absolute atomic E-state index is 0.0476. The predicted molar refractivity (Wildman–Crippen MR) is 55.1 cm³/mol. The number of H-pyrrole nitrogens is 1. The number of nitrogens with zero attached hydrogens (tertiary/aromatic N) is 1. The van der Waals surface area contributed by atoms with Crippen molar-refractivity contribution < 1.29 is 9.90 Å². The number of urea groups is 1. The molecule has 1 aromatic heterocycles. The molecule has 6 nitrogen and oxygen atoms in total. The van der Waals surface area contributed by atoms with Crippen LogP contribution in [0.1, 0.15) is 19.0 Å². The highest BCUT2D eigenvalue weighted by atomic mass is 16.3. The third-order valence-corrected chi connectivity index (χ3v) is 2.05. The van der Waals surface area contributed by atoms with Crippen molar-refractivity contribution >= 4 is 6.03 Å². The van der Waals surface area contributed by atoms with E-state index >= 15 is 0 Å². The number of hydrogen-bond donors (Lipinski definition) is 4. The molecule has 15 heavy (non-hydrogen) atoms. The first-order valence-electron chi connectivity index (χ1n) is 4.89. The Morgan fingerprint density at radius 2 is 2.53 bits per heavy atom. The first-order chi connectivity index (χ1) is 7.26. The summed E-state index contributed by atoms with van der Waals surface area (Å²) in [7, 11) is 0. The Hall–Kier alpha value is -1.56. The lowest BCUT2D eigenvalue weighted by atomic mass is 10.2. The molecule has 0 bridgehead atoms. The van der Waals surface area contributed by atoms with Gasteiger partial charge in [-0.1, -0.05) is 6.92 Å². The van der Waals surface area contributed by atoms with Gasteiger partial charge < -0.3 is 15.7 Å². The van der Waals surface area contributed by atoms with E-state index in [1.54, 1.807) is 12.3 Å². The van der Waals surface area contributed by atoms with Crippen LogP contribution in [0.25, 0.3) is 0 Å². The largest absolute Gasteiger partial charge is 0.394 e. The monoisotopic (exact) mass is 212 g/mol. The summed E-state index contributed by atoms with van der Waals surface area (Å²) < 4.78 is 0. The standard InChI is InChI=1S/C9H16N4O2/c1-2-7(6-14)12-9(15)10-5-8-3-4-11-13-8/h3-4,7,14H,2,5-6H2,1H3,(H,11,13)(H2,10,12,15). The summed E-state index contributed by atoms with van der Waals surface area (Å²) in [5.41, 5.74) is 0.835. The quantitative estimate of drug-likeness (QED) is 0.553. The lowest BCUT2D eigenvalue weighted by Crippen LogP contribution is -2.43. The molecule has 0 saturated heterocycles. The molecule has 0 aliphatic heterocycles. The third-order valence-electron chi connectivity index (χ3n) is 2.05. The van der Waals surface area contributed by atoms with E-state index in [2.05, 4.69) is 20.8 Å². The number of aliphatic hydroxyl groups is 1. The lowest BCUT2D eigenvalue weighted by molar-refractivity contribution is 0.214. The molecule has 0 aromatic carbocycles. The second-order valence-electron chi connectivity index (χ2n) is 3.20. The highest BCUT2D eigenvalue weighted by Crippen LogP contribution is 1.91. The van der Waals surface area contributed by atoms with Crippen LogP contribution in [0.15, 0.2) is 12.3 Å². The van der Waals surface area contributed by atoms with Crippen LogP contribution in [-0.4, -0.2) is 34.0 Å². The Balaban J connectivity index is 2.24. The van der Waals surface area contributed by atoms with Crippen molar-refractivity contribution in [2.24, 2.45) is 0 Å². The molecule has 1 aromatic rings. The Labute approximate surface area is 88.1 Å². The summed E-state index contributed by atoms with van der Waals surface area (Å²) in [6.07, 6.45) is 2.32. The molecule has 0 fully saturated rings. The number of aromatic amines is 1. The van der Waals surface area contributed by atoms with Gasteiger partial charge >= 0.3 is 6.03 Å². The summed E-state index contributed by atoms with van der Waals surface area (Å²) in [5, 5.41) is 20.7. The lowest BCUT2D eigenvalue weighted by Gasteiger charge is -2.14. The summed E-state index contributed by atoms with van der Waals surface area (Å²) in [6, 6.07) is 1.31. The Morgan fingerprint density at radius 1 is 1.73 bits per heavy atom. The maximum atomic E-state index is 11.3. The number of rotatable bonds is 5. The second-order valence-corrected chi connectivity index (χ2v) is 3.20. The van der Waals surface area contributed by atoms with Crippen LogP contribution >= 0.6 is 0 Å². The predicted octanol–water partition coefficient (Wildman–Crippen LogP) is -0.0202. The van der Waals surface area contributed by atoms with E-state index in [1.807, 2.05) is 6.92 Å². The van der Waals surface area contributed by atoms with E-state index in [0.717, 1.165) is 5.69 Å². The van der Waals surface area contributed by atoms with Gasteiger partial charge in [0.1, 0.15) is 0 Å². The van der Waals surface area contributed by atoms with E-state index in [-0.39, 0.29) is 18.7 Å². The molecule has 84 valence electrons. The van der Waals surface area contributed by atoms with Gasteiger partial charge in [-0.2, -0.15) is 5.10 Å². The summed E-state index contributed by atoms with van der Waals surface area (Å²) in [4.78, 5) is 11.3. The molecule has 0 saturated carbocycles. The number of carbonyl (C=O) groups is 1. The summed E-state index contributed by atoms with van der Waals surface area (Å²) in [5.74, 6) is 0. The van der Waals surface area contributed by atoms with Gasteiger partial charge in [0, 0.05) is 6.20 Å². The molecule has 6 heteroatoms. The van der Waals surface area contributed by atoms with Gasteiger partial charge in [-0.05, 0) is 12.5 Å². The van der Waals surface area contributed by atoms with Crippen molar-refractivity contribution in [3.63, 3.8) is 0 Å². The van der Waals surface area contributed by atoms with Crippen LogP contribution in [-0.2, 0) is 6.54 Å². The highest BCUT2D eigenvalue weighted by Gasteiger charge is 2.08. The molecule has 2 amide bonds. The zero-order chi connectivity index (χ0) is 11.1. The molecule has 0 radical (unpaired) electrons. The number of carbonyl (C=O) groups excluding carboxylic acids is 1. The fourth-order valence-corrected chi connectivity index (χ4v) is 1.07. The molecular weight excluding hydrogens is 196 g/mol. The Kier molecular flexibility index (Phi) is 4.62. The molecule has 0 aliphatic rings. The molecule has 0 spiro atoms. The van der Waals surface area contributed by atoms with Crippen LogP contribution in [0.2, 0.25) is 0 Å². The van der Waals surface area contributed by atoms with E-state index in [4.69, 9.17) is 5.11 Å². The van der Waals surface area contributed by atoms with Crippen molar-refractivity contribution in [2.75, 3.05) is 6.61 Å². The van der Waals surface area contributed by atoms with Gasteiger partial charge in [0.15, 0.2) is 0 Å². The zero-order valence-electron chi connectivity index (χ0n) is 8.66. The number of hydrogen-bond acceptors (Lipinski definition) is 3. The molecule has 1 heterocycles. The molecule has 1 unspecified atom stereocenters. The Morgan fingerprint density at radius 3 is 3.07 bits per heavy atom. The van der Waals surface area contributed by atoms with E-state index in [9.17, 15) is 4.79 Å². The molecule has 0 aliphatic carbocycles. The van der Waals surface area contributed by atoms with Crippen LogP contribution < -0.4 is 10.6 Å². The van der Waals surface area contributed by atoms with Gasteiger partial charge in [0.2, 0.25) is 0 Å². The minimum Gasteiger partial charge on any atom is -0.394 e. The van der Waals surface area contributed by atoms with E-state index in [1.165, 1.54) is 0 Å². The molecule has 1 atom stereocenters. The number of nitrogens with one attached hydrogen (secondary N) is 3. The highest BCUT2D eigenvalue weighted by molar-refractivity contribution is 5.74. The van der Waals surface area contributed by atoms with Gasteiger partial charge in [0.25, 0.3) is 0 Å². The van der Waals surface area contributed by atoms with E-state index < -0.39 is 0 Å². The van der Waals surface area contributed by atoms with Crippen LogP contribution in [0.5, 0.6) is 0 Å². The zero-order valence-corrected chi connectivity index (χ0v) is 8.66. The van der Waals surface area contributed by atoms with Crippen LogP contribution in [0, 0.1) is 0 Å². The molecule has 1 rings (SSSR count). The molecular formula is C9H16N4O2. The number of aromatic nitrogens is 2. The SMILES string of the molecule is CCC(CO)NC(=O)NCc1ccn[nH]1. The van der Waals surface area contributed by atoms with Gasteiger partial charge in [0.05, 0.1) is 24.9 Å². The van der Waals surface area contributed by atoms with Crippen LogP contribution in [0.4, 0.5) is 4.79 Å². The van der Waals surface area contributed by atoms with Crippen molar-refractivity contribution in [2.45, 2.75) is 25.9 Å². The average molecular weight is 212 g/mol. The van der Waals surface area contributed by atoms with Gasteiger partial charge in [-0.3, -0.25) is 5.10 Å². The van der Waals surface area contributed by atoms with Crippen molar-refractivity contribution in [1.82, 2.24) is 20.8 Å². The maximum Gasteiger partial charge on any atom is 0.315 e. The summed E-state index contributed by atoms with van der Waals surface area (Å²) in [6.45, 7) is 2.25. The Bertz CT molecular complexity index is 282.